The van der Waals surface area contributed by atoms with E-state index in [9.17, 15) is 9.59 Å². The number of H-pyrrole nitrogens is 1. The number of hydrogen-bond donors (Lipinski definition) is 1. The van der Waals surface area contributed by atoms with Gasteiger partial charge in [-0.05, 0) is 0 Å². The van der Waals surface area contributed by atoms with Crippen molar-refractivity contribution in [2.75, 3.05) is 0 Å². The molecule has 1 aromatic rings. The minimum Gasteiger partial charge on any atom is -0.304 e. The van der Waals surface area contributed by atoms with Gasteiger partial charge >= 0.3 is 0 Å². The van der Waals surface area contributed by atoms with Crippen LogP contribution in [0.15, 0.2) is 17.1 Å². The molecule has 0 fully saturated rings. The summed E-state index contributed by atoms with van der Waals surface area (Å²) in [6, 6.07) is 1.15. The molecular formula is C6H3Cl3N2O2. The molecule has 0 bridgehead atoms. The van der Waals surface area contributed by atoms with Crippen LogP contribution in [0.2, 0.25) is 0 Å². The fourth-order valence-corrected chi connectivity index (χ4v) is 0.888. The summed E-state index contributed by atoms with van der Waals surface area (Å²) in [5, 5.41) is 0. The summed E-state index contributed by atoms with van der Waals surface area (Å²) in [6.45, 7) is 0. The van der Waals surface area contributed by atoms with Crippen LogP contribution in [0.5, 0.6) is 0 Å². The largest absolute Gasteiger partial charge is 0.304 e. The molecule has 0 radical (unpaired) electrons. The number of carbonyl (C=O) groups excluding carboxylic acids is 1. The average Bonchev–Trinajstić information content (AvgIpc) is 2.01. The normalized spacial score (nSPS) is 11.3. The second-order valence-electron chi connectivity index (χ2n) is 2.11. The van der Waals surface area contributed by atoms with Crippen molar-refractivity contribution in [1.29, 1.82) is 0 Å². The van der Waals surface area contributed by atoms with Crippen molar-refractivity contribution in [3.8, 4) is 0 Å². The Hall–Kier alpha value is -0.580. The monoisotopic (exact) mass is 240 g/mol. The summed E-state index contributed by atoms with van der Waals surface area (Å²) in [7, 11) is 0. The van der Waals surface area contributed by atoms with Crippen molar-refractivity contribution >= 4 is 40.6 Å². The molecule has 0 atom stereocenters. The zero-order valence-corrected chi connectivity index (χ0v) is 8.32. The van der Waals surface area contributed by atoms with E-state index in [4.69, 9.17) is 34.8 Å². The molecule has 0 spiro atoms. The van der Waals surface area contributed by atoms with E-state index in [-0.39, 0.29) is 5.82 Å². The predicted molar refractivity (Wildman–Crippen MR) is 49.5 cm³/mol. The standard InChI is InChI=1S/C6H3Cl3N2O2/c7-6(8,9)4(13)5-10-2-1-3(12)11-5/h1-2H,(H,10,11,12). The highest BCUT2D eigenvalue weighted by Gasteiger charge is 2.33. The first kappa shape index (κ1) is 10.5. The smallest absolute Gasteiger partial charge is 0.256 e. The number of alkyl halides is 3. The highest BCUT2D eigenvalue weighted by molar-refractivity contribution is 6.77. The summed E-state index contributed by atoms with van der Waals surface area (Å²) in [5.74, 6) is -1.14. The Labute approximate surface area is 87.8 Å². The maximum atomic E-state index is 11.2. The summed E-state index contributed by atoms with van der Waals surface area (Å²) in [6.07, 6.45) is 1.16. The summed E-state index contributed by atoms with van der Waals surface area (Å²) < 4.78 is -2.10. The van der Waals surface area contributed by atoms with Gasteiger partial charge in [0.25, 0.3) is 9.35 Å². The van der Waals surface area contributed by atoms with Crippen molar-refractivity contribution in [2.24, 2.45) is 0 Å². The van der Waals surface area contributed by atoms with Gasteiger partial charge in [-0.3, -0.25) is 9.59 Å². The number of nitrogens with zero attached hydrogens (tertiary/aromatic N) is 1. The van der Waals surface area contributed by atoms with Gasteiger partial charge in [-0.25, -0.2) is 4.98 Å². The van der Waals surface area contributed by atoms with E-state index in [1.807, 2.05) is 0 Å². The number of nitrogens with one attached hydrogen (secondary N) is 1. The molecule has 1 aromatic heterocycles. The molecule has 0 unspecified atom stereocenters. The van der Waals surface area contributed by atoms with Gasteiger partial charge in [0.15, 0.2) is 5.82 Å². The van der Waals surface area contributed by atoms with Crippen LogP contribution in [0.4, 0.5) is 0 Å². The fraction of sp³-hybridized carbons (Fsp3) is 0.167. The molecule has 1 rings (SSSR count). The minimum absolute atomic E-state index is 0.271. The minimum atomic E-state index is -2.10. The third-order valence-corrected chi connectivity index (χ3v) is 1.66. The molecule has 0 saturated heterocycles. The molecule has 1 N–H and O–H groups in total. The first-order chi connectivity index (χ1) is 5.91. The van der Waals surface area contributed by atoms with Gasteiger partial charge in [0.1, 0.15) is 0 Å². The van der Waals surface area contributed by atoms with Crippen LogP contribution in [0.1, 0.15) is 10.6 Å². The molecule has 0 aliphatic rings. The molecule has 1 heterocycles. The van der Waals surface area contributed by atoms with Gasteiger partial charge in [0.05, 0.1) is 0 Å². The predicted octanol–water partition coefficient (Wildman–Crippen LogP) is 1.32. The molecule has 0 aliphatic heterocycles. The molecule has 0 aromatic carbocycles. The van der Waals surface area contributed by atoms with Crippen LogP contribution in [0, 0.1) is 0 Å². The second-order valence-corrected chi connectivity index (χ2v) is 4.39. The number of aromatic nitrogens is 2. The van der Waals surface area contributed by atoms with Crippen LogP contribution >= 0.6 is 34.8 Å². The summed E-state index contributed by atoms with van der Waals surface area (Å²) in [4.78, 5) is 27.6. The Balaban J connectivity index is 3.10. The molecule has 70 valence electrons. The van der Waals surface area contributed by atoms with E-state index >= 15 is 0 Å². The lowest BCUT2D eigenvalue weighted by atomic mass is 10.4. The van der Waals surface area contributed by atoms with Crippen LogP contribution in [0.3, 0.4) is 0 Å². The maximum Gasteiger partial charge on any atom is 0.256 e. The van der Waals surface area contributed by atoms with E-state index in [2.05, 4.69) is 9.97 Å². The number of carbonyl (C=O) groups is 1. The van der Waals surface area contributed by atoms with Gasteiger partial charge in [-0.15, -0.1) is 0 Å². The van der Waals surface area contributed by atoms with E-state index < -0.39 is 15.1 Å². The lowest BCUT2D eigenvalue weighted by molar-refractivity contribution is 0.0986. The number of aromatic amines is 1. The fourth-order valence-electron chi connectivity index (χ4n) is 0.620. The van der Waals surface area contributed by atoms with Gasteiger partial charge in [0, 0.05) is 12.3 Å². The van der Waals surface area contributed by atoms with Gasteiger partial charge in [-0.2, -0.15) is 0 Å². The highest BCUT2D eigenvalue weighted by atomic mass is 35.6. The van der Waals surface area contributed by atoms with Crippen LogP contribution in [0.25, 0.3) is 0 Å². The third-order valence-electron chi connectivity index (χ3n) is 1.14. The lowest BCUT2D eigenvalue weighted by Crippen LogP contribution is -2.24. The van der Waals surface area contributed by atoms with Crippen LogP contribution in [-0.4, -0.2) is 19.5 Å². The number of Topliss-reactive ketones (excluding diaryl/α,β-unsaturated/α-hetero) is 1. The quantitative estimate of drug-likeness (QED) is 0.596. The average molecular weight is 241 g/mol. The first-order valence-corrected chi connectivity index (χ1v) is 4.21. The van der Waals surface area contributed by atoms with Gasteiger partial charge < -0.3 is 4.98 Å². The Morgan fingerprint density at radius 2 is 2.08 bits per heavy atom. The lowest BCUT2D eigenvalue weighted by Gasteiger charge is -2.06. The van der Waals surface area contributed by atoms with Crippen molar-refractivity contribution in [3.05, 3.63) is 28.4 Å². The van der Waals surface area contributed by atoms with Crippen LogP contribution in [-0.2, 0) is 0 Å². The maximum absolute atomic E-state index is 11.2. The van der Waals surface area contributed by atoms with Crippen molar-refractivity contribution < 1.29 is 4.79 Å². The SMILES string of the molecule is O=C(c1nccc(=O)[nH]1)C(Cl)(Cl)Cl. The first-order valence-electron chi connectivity index (χ1n) is 3.08. The van der Waals surface area contributed by atoms with E-state index in [1.165, 1.54) is 0 Å². The number of rotatable bonds is 1. The number of halogens is 3. The summed E-state index contributed by atoms with van der Waals surface area (Å²) in [5.41, 5.74) is -0.479. The van der Waals surface area contributed by atoms with Crippen molar-refractivity contribution in [2.45, 2.75) is 3.79 Å². The van der Waals surface area contributed by atoms with E-state index in [0.29, 0.717) is 0 Å². The topological polar surface area (TPSA) is 62.8 Å². The molecule has 0 amide bonds. The molecule has 0 saturated carbocycles. The van der Waals surface area contributed by atoms with E-state index in [1.54, 1.807) is 0 Å². The zero-order chi connectivity index (χ0) is 10.1. The van der Waals surface area contributed by atoms with Crippen LogP contribution < -0.4 is 5.56 Å². The van der Waals surface area contributed by atoms with Gasteiger partial charge in [0.2, 0.25) is 5.78 Å². The van der Waals surface area contributed by atoms with E-state index in [0.717, 1.165) is 12.3 Å². The highest BCUT2D eigenvalue weighted by Crippen LogP contribution is 2.28. The molecule has 7 heteroatoms. The summed E-state index contributed by atoms with van der Waals surface area (Å²) >= 11 is 15.9. The number of ketones is 1. The molecule has 0 aliphatic carbocycles. The van der Waals surface area contributed by atoms with Crippen molar-refractivity contribution in [1.82, 2.24) is 9.97 Å². The Bertz CT molecular complexity index is 382. The Morgan fingerprint density at radius 3 is 2.54 bits per heavy atom. The Morgan fingerprint density at radius 1 is 1.46 bits per heavy atom. The second kappa shape index (κ2) is 3.65. The molecule has 13 heavy (non-hydrogen) atoms. The van der Waals surface area contributed by atoms with Crippen molar-refractivity contribution in [3.63, 3.8) is 0 Å². The van der Waals surface area contributed by atoms with Gasteiger partial charge in [-0.1, -0.05) is 34.8 Å². The Kier molecular flexibility index (Phi) is 2.95. The third kappa shape index (κ3) is 2.69. The zero-order valence-electron chi connectivity index (χ0n) is 6.05. The molecule has 4 nitrogen and oxygen atoms in total. The molecular weight excluding hydrogens is 238 g/mol. The number of hydrogen-bond acceptors (Lipinski definition) is 3.